The largest absolute Gasteiger partial charge is 0.478 e. The van der Waals surface area contributed by atoms with Gasteiger partial charge in [0.15, 0.2) is 0 Å². The van der Waals surface area contributed by atoms with Crippen LogP contribution in [0.3, 0.4) is 0 Å². The van der Waals surface area contributed by atoms with Gasteiger partial charge in [-0.25, -0.2) is 4.79 Å². The molecule has 2 aromatic carbocycles. The van der Waals surface area contributed by atoms with Gasteiger partial charge in [0.25, 0.3) is 11.6 Å². The first-order valence-corrected chi connectivity index (χ1v) is 7.05. The summed E-state index contributed by atoms with van der Waals surface area (Å²) in [6.45, 7) is 0. The molecule has 0 unspecified atom stereocenters. The summed E-state index contributed by atoms with van der Waals surface area (Å²) in [5.41, 5.74) is -0.438. The summed E-state index contributed by atoms with van der Waals surface area (Å²) in [6, 6.07) is 9.92. The number of benzene rings is 2. The van der Waals surface area contributed by atoms with E-state index in [0.29, 0.717) is 5.69 Å². The maximum atomic E-state index is 12.2. The molecule has 0 radical (unpaired) electrons. The molecule has 0 saturated heterocycles. The van der Waals surface area contributed by atoms with E-state index in [0.717, 1.165) is 21.8 Å². The fraction of sp³-hybridized carbons (Fsp3) is 0. The van der Waals surface area contributed by atoms with Gasteiger partial charge in [-0.2, -0.15) is 0 Å². The second-order valence-corrected chi connectivity index (χ2v) is 5.50. The molecule has 112 valence electrons. The first-order chi connectivity index (χ1) is 10.4. The normalized spacial score (nSPS) is 10.0. The van der Waals surface area contributed by atoms with E-state index in [-0.39, 0.29) is 16.8 Å². The number of rotatable bonds is 4. The van der Waals surface area contributed by atoms with Crippen LogP contribution in [0.25, 0.3) is 0 Å². The van der Waals surface area contributed by atoms with E-state index in [1.807, 2.05) is 6.07 Å². The van der Waals surface area contributed by atoms with E-state index in [1.54, 1.807) is 18.2 Å². The standard InChI is InChI=1S/C14H9IN2O5/c15-8-2-1-3-9(6-8)16-13(18)12-7-10(17(21)22)4-5-11(12)14(19)20/h1-7H,(H,16,18)(H,19,20). The highest BCUT2D eigenvalue weighted by atomic mass is 127. The first-order valence-electron chi connectivity index (χ1n) is 5.97. The van der Waals surface area contributed by atoms with Gasteiger partial charge < -0.3 is 10.4 Å². The molecule has 2 rings (SSSR count). The number of nitro benzene ring substituents is 1. The molecule has 0 fully saturated rings. The molecule has 0 aliphatic heterocycles. The van der Waals surface area contributed by atoms with Crippen LogP contribution in [-0.4, -0.2) is 21.9 Å². The van der Waals surface area contributed by atoms with Gasteiger partial charge >= 0.3 is 5.97 Å². The number of carboxylic acid groups (broad SMARTS) is 1. The third-order valence-corrected chi connectivity index (χ3v) is 3.44. The van der Waals surface area contributed by atoms with Gasteiger partial charge in [-0.05, 0) is 46.9 Å². The summed E-state index contributed by atoms with van der Waals surface area (Å²) < 4.78 is 0.882. The highest BCUT2D eigenvalue weighted by molar-refractivity contribution is 14.1. The Morgan fingerprint density at radius 3 is 2.45 bits per heavy atom. The quantitative estimate of drug-likeness (QED) is 0.456. The smallest absolute Gasteiger partial charge is 0.336 e. The number of carbonyl (C=O) groups excluding carboxylic acids is 1. The van der Waals surface area contributed by atoms with E-state index in [2.05, 4.69) is 27.9 Å². The van der Waals surface area contributed by atoms with Crippen LogP contribution >= 0.6 is 22.6 Å². The molecular weight excluding hydrogens is 403 g/mol. The van der Waals surface area contributed by atoms with Gasteiger partial charge in [0.2, 0.25) is 0 Å². The average molecular weight is 412 g/mol. The van der Waals surface area contributed by atoms with Gasteiger partial charge in [-0.3, -0.25) is 14.9 Å². The lowest BCUT2D eigenvalue weighted by Crippen LogP contribution is -2.16. The molecule has 0 aliphatic carbocycles. The van der Waals surface area contributed by atoms with Crippen LogP contribution in [0, 0.1) is 13.7 Å². The molecule has 0 aliphatic rings. The van der Waals surface area contributed by atoms with E-state index < -0.39 is 16.8 Å². The van der Waals surface area contributed by atoms with Crippen LogP contribution in [0.5, 0.6) is 0 Å². The summed E-state index contributed by atoms with van der Waals surface area (Å²) in [7, 11) is 0. The topological polar surface area (TPSA) is 110 Å². The monoisotopic (exact) mass is 412 g/mol. The number of carboxylic acids is 1. The molecule has 2 N–H and O–H groups in total. The number of hydrogen-bond donors (Lipinski definition) is 2. The Morgan fingerprint density at radius 2 is 1.86 bits per heavy atom. The molecule has 0 bridgehead atoms. The lowest BCUT2D eigenvalue weighted by atomic mass is 10.1. The van der Waals surface area contributed by atoms with Gasteiger partial charge in [0.05, 0.1) is 16.1 Å². The highest BCUT2D eigenvalue weighted by Crippen LogP contribution is 2.20. The molecule has 0 spiro atoms. The van der Waals surface area contributed by atoms with Crippen molar-refractivity contribution in [3.63, 3.8) is 0 Å². The number of carbonyl (C=O) groups is 2. The van der Waals surface area contributed by atoms with Crippen LogP contribution < -0.4 is 5.32 Å². The average Bonchev–Trinajstić information content (AvgIpc) is 2.46. The van der Waals surface area contributed by atoms with Gasteiger partial charge in [0, 0.05) is 21.4 Å². The Labute approximate surface area is 138 Å². The summed E-state index contributed by atoms with van der Waals surface area (Å²) in [5.74, 6) is -2.05. The van der Waals surface area contributed by atoms with Crippen LogP contribution in [-0.2, 0) is 0 Å². The molecule has 8 heteroatoms. The number of halogens is 1. The van der Waals surface area contributed by atoms with Crippen molar-refractivity contribution in [1.82, 2.24) is 0 Å². The minimum atomic E-state index is -1.33. The van der Waals surface area contributed by atoms with Crippen molar-refractivity contribution < 1.29 is 19.6 Å². The van der Waals surface area contributed by atoms with Crippen molar-refractivity contribution >= 4 is 45.8 Å². The first kappa shape index (κ1) is 15.9. The van der Waals surface area contributed by atoms with Crippen molar-refractivity contribution in [2.75, 3.05) is 5.32 Å². The maximum Gasteiger partial charge on any atom is 0.336 e. The van der Waals surface area contributed by atoms with Crippen molar-refractivity contribution in [2.45, 2.75) is 0 Å². The van der Waals surface area contributed by atoms with E-state index >= 15 is 0 Å². The lowest BCUT2D eigenvalue weighted by Gasteiger charge is -2.08. The Bertz CT molecular complexity index is 776. The van der Waals surface area contributed by atoms with E-state index in [4.69, 9.17) is 5.11 Å². The number of non-ortho nitro benzene ring substituents is 1. The Balaban J connectivity index is 2.40. The fourth-order valence-corrected chi connectivity index (χ4v) is 2.33. The number of nitro groups is 1. The van der Waals surface area contributed by atoms with E-state index in [1.165, 1.54) is 0 Å². The number of hydrogen-bond acceptors (Lipinski definition) is 4. The number of amides is 1. The summed E-state index contributed by atoms with van der Waals surface area (Å²) in [5, 5.41) is 22.4. The third-order valence-electron chi connectivity index (χ3n) is 2.77. The summed E-state index contributed by atoms with van der Waals surface area (Å²) in [6.07, 6.45) is 0. The number of anilines is 1. The number of nitrogens with zero attached hydrogens (tertiary/aromatic N) is 1. The van der Waals surface area contributed by atoms with Crippen LogP contribution in [0.1, 0.15) is 20.7 Å². The van der Waals surface area contributed by atoms with Crippen LogP contribution in [0.4, 0.5) is 11.4 Å². The molecule has 0 heterocycles. The van der Waals surface area contributed by atoms with Crippen molar-refractivity contribution in [3.05, 3.63) is 67.3 Å². The Hall–Kier alpha value is -2.49. The molecule has 2 aromatic rings. The SMILES string of the molecule is O=C(O)c1ccc([N+](=O)[O-])cc1C(=O)Nc1cccc(I)c1. The molecule has 0 aromatic heterocycles. The number of aromatic carboxylic acids is 1. The Morgan fingerprint density at radius 1 is 1.14 bits per heavy atom. The van der Waals surface area contributed by atoms with Gasteiger partial charge in [-0.1, -0.05) is 6.07 Å². The molecule has 7 nitrogen and oxygen atoms in total. The van der Waals surface area contributed by atoms with Crippen molar-refractivity contribution in [3.8, 4) is 0 Å². The second kappa shape index (κ2) is 6.52. The predicted molar refractivity (Wildman–Crippen MR) is 87.2 cm³/mol. The predicted octanol–water partition coefficient (Wildman–Crippen LogP) is 3.15. The molecule has 0 atom stereocenters. The summed E-state index contributed by atoms with van der Waals surface area (Å²) in [4.78, 5) is 33.5. The fourth-order valence-electron chi connectivity index (χ4n) is 1.78. The molecule has 0 saturated carbocycles. The molecular formula is C14H9IN2O5. The maximum absolute atomic E-state index is 12.2. The van der Waals surface area contributed by atoms with Crippen LogP contribution in [0.15, 0.2) is 42.5 Å². The zero-order valence-electron chi connectivity index (χ0n) is 10.9. The third kappa shape index (κ3) is 3.58. The minimum absolute atomic E-state index is 0.263. The second-order valence-electron chi connectivity index (χ2n) is 4.26. The Kier molecular flexibility index (Phi) is 4.71. The van der Waals surface area contributed by atoms with Gasteiger partial charge in [0.1, 0.15) is 0 Å². The number of nitrogens with one attached hydrogen (secondary N) is 1. The van der Waals surface area contributed by atoms with Gasteiger partial charge in [-0.15, -0.1) is 0 Å². The zero-order chi connectivity index (χ0) is 16.3. The zero-order valence-corrected chi connectivity index (χ0v) is 13.1. The van der Waals surface area contributed by atoms with Crippen molar-refractivity contribution in [2.24, 2.45) is 0 Å². The summed E-state index contributed by atoms with van der Waals surface area (Å²) >= 11 is 2.06. The highest BCUT2D eigenvalue weighted by Gasteiger charge is 2.20. The lowest BCUT2D eigenvalue weighted by molar-refractivity contribution is -0.384. The van der Waals surface area contributed by atoms with Crippen LogP contribution in [0.2, 0.25) is 0 Å². The molecule has 22 heavy (non-hydrogen) atoms. The molecule has 1 amide bonds. The van der Waals surface area contributed by atoms with Crippen molar-refractivity contribution in [1.29, 1.82) is 0 Å². The minimum Gasteiger partial charge on any atom is -0.478 e. The van der Waals surface area contributed by atoms with E-state index in [9.17, 15) is 19.7 Å².